The number of piperazine rings is 1. The molecule has 1 heterocycles. The molecule has 112 valence electrons. The summed E-state index contributed by atoms with van der Waals surface area (Å²) in [5, 5.41) is 13.3. The van der Waals surface area contributed by atoms with E-state index in [1.807, 2.05) is 20.8 Å². The zero-order valence-electron chi connectivity index (χ0n) is 12.2. The molecule has 1 atom stereocenters. The lowest BCUT2D eigenvalue weighted by molar-refractivity contribution is 0.0812. The van der Waals surface area contributed by atoms with Crippen molar-refractivity contribution in [1.29, 1.82) is 0 Å². The molecule has 20 heavy (non-hydrogen) atoms. The van der Waals surface area contributed by atoms with E-state index in [9.17, 15) is 13.9 Å². The largest absolute Gasteiger partial charge is 0.507 e. The van der Waals surface area contributed by atoms with E-state index in [2.05, 4.69) is 10.2 Å². The first kappa shape index (κ1) is 15.2. The van der Waals surface area contributed by atoms with E-state index in [1.54, 1.807) is 0 Å². The molecule has 1 saturated heterocycles. The zero-order chi connectivity index (χ0) is 14.9. The molecule has 1 aliphatic rings. The van der Waals surface area contributed by atoms with Gasteiger partial charge in [-0.2, -0.15) is 0 Å². The molecule has 3 nitrogen and oxygen atoms in total. The summed E-state index contributed by atoms with van der Waals surface area (Å²) < 4.78 is 27.4. The second-order valence-corrected chi connectivity index (χ2v) is 6.37. The second kappa shape index (κ2) is 5.66. The van der Waals surface area contributed by atoms with Gasteiger partial charge in [-0.05, 0) is 5.41 Å². The summed E-state index contributed by atoms with van der Waals surface area (Å²) in [4.78, 5) is 2.15. The Morgan fingerprint density at radius 2 is 1.80 bits per heavy atom. The second-order valence-electron chi connectivity index (χ2n) is 6.37. The number of rotatable bonds is 2. The molecule has 2 rings (SSSR count). The number of phenols is 1. The molecule has 0 bridgehead atoms. The molecule has 1 aromatic carbocycles. The minimum absolute atomic E-state index is 0.195. The Kier molecular flexibility index (Phi) is 4.30. The Labute approximate surface area is 118 Å². The van der Waals surface area contributed by atoms with Crippen LogP contribution in [0.3, 0.4) is 0 Å². The van der Waals surface area contributed by atoms with Crippen LogP contribution in [0, 0.1) is 17.0 Å². The average Bonchev–Trinajstić information content (AvgIpc) is 2.33. The van der Waals surface area contributed by atoms with Crippen molar-refractivity contribution in [3.63, 3.8) is 0 Å². The SMILES string of the molecule is CC(C)(C)[C@@H](c1c(O)cc(F)cc1F)N1CCNCC1. The molecule has 1 fully saturated rings. The van der Waals surface area contributed by atoms with Crippen molar-refractivity contribution in [1.82, 2.24) is 10.2 Å². The molecule has 1 aliphatic heterocycles. The van der Waals surface area contributed by atoms with Crippen molar-refractivity contribution in [2.75, 3.05) is 26.2 Å². The average molecular weight is 284 g/mol. The van der Waals surface area contributed by atoms with Crippen LogP contribution in [0.25, 0.3) is 0 Å². The number of nitrogens with one attached hydrogen (secondary N) is 1. The first-order valence-electron chi connectivity index (χ1n) is 6.93. The first-order chi connectivity index (χ1) is 9.30. The Balaban J connectivity index is 2.46. The summed E-state index contributed by atoms with van der Waals surface area (Å²) in [5.74, 6) is -1.74. The number of hydrogen-bond acceptors (Lipinski definition) is 3. The van der Waals surface area contributed by atoms with Crippen LogP contribution in [-0.4, -0.2) is 36.2 Å². The fourth-order valence-corrected chi connectivity index (χ4v) is 2.95. The van der Waals surface area contributed by atoms with Gasteiger partial charge in [0, 0.05) is 49.9 Å². The van der Waals surface area contributed by atoms with E-state index in [0.29, 0.717) is 0 Å². The van der Waals surface area contributed by atoms with Gasteiger partial charge in [0.15, 0.2) is 0 Å². The quantitative estimate of drug-likeness (QED) is 0.876. The van der Waals surface area contributed by atoms with Crippen LogP contribution < -0.4 is 5.32 Å². The Morgan fingerprint density at radius 3 is 2.30 bits per heavy atom. The highest BCUT2D eigenvalue weighted by Gasteiger charge is 2.36. The summed E-state index contributed by atoms with van der Waals surface area (Å²) in [5.41, 5.74) is -0.0752. The number of benzene rings is 1. The smallest absolute Gasteiger partial charge is 0.134 e. The Bertz CT molecular complexity index is 456. The molecule has 0 amide bonds. The molecule has 0 spiro atoms. The third-order valence-electron chi connectivity index (χ3n) is 3.68. The van der Waals surface area contributed by atoms with Gasteiger partial charge in [0.2, 0.25) is 0 Å². The monoisotopic (exact) mass is 284 g/mol. The molecule has 2 N–H and O–H groups in total. The van der Waals surface area contributed by atoms with Crippen LogP contribution >= 0.6 is 0 Å². The topological polar surface area (TPSA) is 35.5 Å². The molecule has 0 saturated carbocycles. The minimum atomic E-state index is -0.753. The standard InChI is InChI=1S/C15H22F2N2O/c1-15(2,3)14(19-6-4-18-5-7-19)13-11(17)8-10(16)9-12(13)20/h8-9,14,18,20H,4-7H2,1-3H3/t14-/m1/s1. The summed E-state index contributed by atoms with van der Waals surface area (Å²) in [6.45, 7) is 9.22. The molecule has 0 aliphatic carbocycles. The highest BCUT2D eigenvalue weighted by molar-refractivity contribution is 5.37. The van der Waals surface area contributed by atoms with E-state index >= 15 is 0 Å². The van der Waals surface area contributed by atoms with Crippen molar-refractivity contribution >= 4 is 0 Å². The normalized spacial score (nSPS) is 19.1. The zero-order valence-corrected chi connectivity index (χ0v) is 12.2. The lowest BCUT2D eigenvalue weighted by Gasteiger charge is -2.42. The lowest BCUT2D eigenvalue weighted by atomic mass is 9.80. The number of phenolic OH excluding ortho intramolecular Hbond substituents is 1. The lowest BCUT2D eigenvalue weighted by Crippen LogP contribution is -2.48. The van der Waals surface area contributed by atoms with Gasteiger partial charge in [-0.1, -0.05) is 20.8 Å². The maximum atomic E-state index is 14.2. The van der Waals surface area contributed by atoms with Gasteiger partial charge in [-0.15, -0.1) is 0 Å². The highest BCUT2D eigenvalue weighted by Crippen LogP contribution is 2.43. The van der Waals surface area contributed by atoms with Gasteiger partial charge in [0.05, 0.1) is 0 Å². The summed E-state index contributed by atoms with van der Waals surface area (Å²) in [6, 6.07) is 1.54. The van der Waals surface area contributed by atoms with Crippen LogP contribution in [0.1, 0.15) is 32.4 Å². The predicted molar refractivity (Wildman–Crippen MR) is 74.7 cm³/mol. The van der Waals surface area contributed by atoms with E-state index in [4.69, 9.17) is 0 Å². The van der Waals surface area contributed by atoms with Crippen molar-refractivity contribution in [3.8, 4) is 5.75 Å². The van der Waals surface area contributed by atoms with Gasteiger partial charge in [-0.3, -0.25) is 4.90 Å². The van der Waals surface area contributed by atoms with E-state index in [0.717, 1.165) is 38.3 Å². The first-order valence-corrected chi connectivity index (χ1v) is 6.93. The number of aromatic hydroxyl groups is 1. The third-order valence-corrected chi connectivity index (χ3v) is 3.68. The summed E-state index contributed by atoms with van der Waals surface area (Å²) in [7, 11) is 0. The fourth-order valence-electron chi connectivity index (χ4n) is 2.95. The summed E-state index contributed by atoms with van der Waals surface area (Å²) in [6.07, 6.45) is 0. The van der Waals surface area contributed by atoms with Crippen molar-refractivity contribution in [2.24, 2.45) is 5.41 Å². The molecule has 1 aromatic rings. The maximum absolute atomic E-state index is 14.2. The molecule has 0 radical (unpaired) electrons. The number of hydrogen-bond donors (Lipinski definition) is 2. The van der Waals surface area contributed by atoms with Crippen LogP contribution in [0.5, 0.6) is 5.75 Å². The van der Waals surface area contributed by atoms with Gasteiger partial charge in [0.25, 0.3) is 0 Å². The molecule has 0 aromatic heterocycles. The number of halogens is 2. The molecular formula is C15H22F2N2O. The van der Waals surface area contributed by atoms with Crippen LogP contribution in [0.4, 0.5) is 8.78 Å². The fraction of sp³-hybridized carbons (Fsp3) is 0.600. The minimum Gasteiger partial charge on any atom is -0.507 e. The van der Waals surface area contributed by atoms with Crippen LogP contribution in [-0.2, 0) is 0 Å². The Morgan fingerprint density at radius 1 is 1.20 bits per heavy atom. The Hall–Kier alpha value is -1.20. The van der Waals surface area contributed by atoms with Gasteiger partial charge >= 0.3 is 0 Å². The highest BCUT2D eigenvalue weighted by atomic mass is 19.1. The van der Waals surface area contributed by atoms with Gasteiger partial charge in [0.1, 0.15) is 17.4 Å². The molecule has 5 heteroatoms. The van der Waals surface area contributed by atoms with E-state index in [-0.39, 0.29) is 22.8 Å². The van der Waals surface area contributed by atoms with Crippen molar-refractivity contribution in [2.45, 2.75) is 26.8 Å². The van der Waals surface area contributed by atoms with Crippen LogP contribution in [0.2, 0.25) is 0 Å². The number of nitrogens with zero attached hydrogens (tertiary/aromatic N) is 1. The summed E-state index contributed by atoms with van der Waals surface area (Å²) >= 11 is 0. The van der Waals surface area contributed by atoms with Crippen molar-refractivity contribution < 1.29 is 13.9 Å². The predicted octanol–water partition coefficient (Wildman–Crippen LogP) is 2.66. The third kappa shape index (κ3) is 3.10. The van der Waals surface area contributed by atoms with Crippen LogP contribution in [0.15, 0.2) is 12.1 Å². The van der Waals surface area contributed by atoms with Gasteiger partial charge < -0.3 is 10.4 Å². The van der Waals surface area contributed by atoms with Gasteiger partial charge in [-0.25, -0.2) is 8.78 Å². The van der Waals surface area contributed by atoms with Crippen molar-refractivity contribution in [3.05, 3.63) is 29.3 Å². The molecular weight excluding hydrogens is 262 g/mol. The molecule has 0 unspecified atom stereocenters. The van der Waals surface area contributed by atoms with E-state index in [1.165, 1.54) is 0 Å². The maximum Gasteiger partial charge on any atom is 0.134 e. The van der Waals surface area contributed by atoms with E-state index < -0.39 is 11.6 Å².